The van der Waals surface area contributed by atoms with Crippen molar-refractivity contribution < 1.29 is 14.3 Å². The number of Topliss-reactive ketones (excluding diaryl/α,β-unsaturated/α-hetero) is 1. The van der Waals surface area contributed by atoms with Gasteiger partial charge in [0.1, 0.15) is 12.4 Å². The monoisotopic (exact) mass is 418 g/mol. The average Bonchev–Trinajstić information content (AvgIpc) is 3.10. The van der Waals surface area contributed by atoms with E-state index in [1.165, 1.54) is 6.33 Å². The van der Waals surface area contributed by atoms with Gasteiger partial charge in [-0.05, 0) is 53.4 Å². The molecule has 26 heavy (non-hydrogen) atoms. The molecule has 1 atom stereocenters. The van der Waals surface area contributed by atoms with Crippen LogP contribution in [0.4, 0.5) is 5.95 Å². The average molecular weight is 419 g/mol. The number of halogens is 1. The third kappa shape index (κ3) is 2.68. The molecule has 0 fully saturated rings. The van der Waals surface area contributed by atoms with E-state index in [-0.39, 0.29) is 11.8 Å². The molecule has 2 aliphatic rings. The maximum Gasteiger partial charge on any atom is 0.226 e. The summed E-state index contributed by atoms with van der Waals surface area (Å²) in [5.74, 6) is 2.05. The lowest BCUT2D eigenvalue weighted by Crippen LogP contribution is -2.31. The van der Waals surface area contributed by atoms with Crippen molar-refractivity contribution in [3.8, 4) is 11.5 Å². The number of rotatable bonds is 4. The van der Waals surface area contributed by atoms with E-state index in [1.807, 2.05) is 19.1 Å². The highest BCUT2D eigenvalue weighted by molar-refractivity contribution is 9.10. The third-order valence-electron chi connectivity index (χ3n) is 4.67. The fourth-order valence-corrected chi connectivity index (χ4v) is 4.16. The van der Waals surface area contributed by atoms with Crippen LogP contribution in [0.2, 0.25) is 0 Å². The predicted octanol–water partition coefficient (Wildman–Crippen LogP) is 3.47. The Morgan fingerprint density at radius 3 is 3.00 bits per heavy atom. The molecule has 4 rings (SSSR count). The molecule has 1 aliphatic carbocycles. The van der Waals surface area contributed by atoms with Crippen molar-refractivity contribution in [3.63, 3.8) is 0 Å². The summed E-state index contributed by atoms with van der Waals surface area (Å²) in [7, 11) is 1.61. The maximum atomic E-state index is 12.7. The summed E-state index contributed by atoms with van der Waals surface area (Å²) in [5.41, 5.74) is 2.59. The van der Waals surface area contributed by atoms with Crippen LogP contribution >= 0.6 is 15.9 Å². The van der Waals surface area contributed by atoms with Gasteiger partial charge in [-0.3, -0.25) is 4.79 Å². The van der Waals surface area contributed by atoms with Crippen LogP contribution in [-0.4, -0.2) is 34.3 Å². The molecular weight excluding hydrogens is 400 g/mol. The van der Waals surface area contributed by atoms with Gasteiger partial charge in [-0.2, -0.15) is 10.1 Å². The Hall–Kier alpha value is -2.35. The van der Waals surface area contributed by atoms with E-state index in [9.17, 15) is 4.79 Å². The molecule has 2 heterocycles. The number of ketones is 1. The van der Waals surface area contributed by atoms with Gasteiger partial charge in [0.05, 0.1) is 18.2 Å². The van der Waals surface area contributed by atoms with Gasteiger partial charge in [-0.25, -0.2) is 4.68 Å². The fourth-order valence-electron chi connectivity index (χ4n) is 3.59. The molecular formula is C18H19BrN4O3. The summed E-state index contributed by atoms with van der Waals surface area (Å²) in [4.78, 5) is 17.0. The Balaban J connectivity index is 1.89. The second-order valence-electron chi connectivity index (χ2n) is 6.19. The number of hydrogen-bond acceptors (Lipinski definition) is 6. The van der Waals surface area contributed by atoms with E-state index in [2.05, 4.69) is 31.3 Å². The van der Waals surface area contributed by atoms with E-state index in [1.54, 1.807) is 11.8 Å². The quantitative estimate of drug-likeness (QED) is 0.818. The number of ether oxygens (including phenoxy) is 2. The van der Waals surface area contributed by atoms with Crippen molar-refractivity contribution >= 4 is 27.7 Å². The number of nitrogens with one attached hydrogen (secondary N) is 1. The molecule has 1 unspecified atom stereocenters. The summed E-state index contributed by atoms with van der Waals surface area (Å²) in [6.45, 7) is 2.45. The summed E-state index contributed by atoms with van der Waals surface area (Å²) in [5, 5.41) is 7.62. The van der Waals surface area contributed by atoms with Gasteiger partial charge in [0.15, 0.2) is 17.3 Å². The SMILES string of the molecule is CCOc1c(Br)cc(C2C3=C(CCCC3=O)Nc3ncnn32)cc1OC. The first kappa shape index (κ1) is 17.1. The smallest absolute Gasteiger partial charge is 0.226 e. The first-order valence-corrected chi connectivity index (χ1v) is 9.36. The minimum absolute atomic E-state index is 0.147. The zero-order chi connectivity index (χ0) is 18.3. The highest BCUT2D eigenvalue weighted by Crippen LogP contribution is 2.44. The van der Waals surface area contributed by atoms with Gasteiger partial charge in [0.2, 0.25) is 5.95 Å². The van der Waals surface area contributed by atoms with Gasteiger partial charge < -0.3 is 14.8 Å². The molecule has 1 aromatic heterocycles. The molecule has 0 amide bonds. The van der Waals surface area contributed by atoms with Crippen LogP contribution in [0.1, 0.15) is 37.8 Å². The number of carbonyl (C=O) groups excluding carboxylic acids is 1. The second-order valence-corrected chi connectivity index (χ2v) is 7.05. The van der Waals surface area contributed by atoms with Crippen molar-refractivity contribution in [2.75, 3.05) is 19.0 Å². The number of allylic oxidation sites excluding steroid dienone is 2. The molecule has 0 saturated heterocycles. The summed E-state index contributed by atoms with van der Waals surface area (Å²) < 4.78 is 13.7. The van der Waals surface area contributed by atoms with E-state index in [0.29, 0.717) is 30.5 Å². The molecule has 1 N–H and O–H groups in total. The molecule has 0 radical (unpaired) electrons. The molecule has 2 aromatic rings. The predicted molar refractivity (Wildman–Crippen MR) is 99.5 cm³/mol. The largest absolute Gasteiger partial charge is 0.493 e. The van der Waals surface area contributed by atoms with Crippen molar-refractivity contribution in [1.29, 1.82) is 0 Å². The molecule has 7 nitrogen and oxygen atoms in total. The van der Waals surface area contributed by atoms with Crippen LogP contribution in [0.15, 0.2) is 34.2 Å². The number of benzene rings is 1. The van der Waals surface area contributed by atoms with Gasteiger partial charge in [0, 0.05) is 17.7 Å². The molecule has 8 heteroatoms. The molecule has 1 aliphatic heterocycles. The van der Waals surface area contributed by atoms with Crippen molar-refractivity contribution in [3.05, 3.63) is 39.8 Å². The third-order valence-corrected chi connectivity index (χ3v) is 5.26. The topological polar surface area (TPSA) is 78.3 Å². The van der Waals surface area contributed by atoms with Crippen LogP contribution in [0.5, 0.6) is 11.5 Å². The number of aromatic nitrogens is 3. The molecule has 0 spiro atoms. The van der Waals surface area contributed by atoms with Gasteiger partial charge in [-0.15, -0.1) is 0 Å². The minimum Gasteiger partial charge on any atom is -0.493 e. The molecule has 0 saturated carbocycles. The lowest BCUT2D eigenvalue weighted by atomic mass is 9.85. The Bertz CT molecular complexity index is 906. The van der Waals surface area contributed by atoms with Crippen molar-refractivity contribution in [2.45, 2.75) is 32.2 Å². The van der Waals surface area contributed by atoms with Gasteiger partial charge in [0.25, 0.3) is 0 Å². The number of anilines is 1. The minimum atomic E-state index is -0.336. The maximum absolute atomic E-state index is 12.7. The van der Waals surface area contributed by atoms with Gasteiger partial charge >= 0.3 is 0 Å². The summed E-state index contributed by atoms with van der Waals surface area (Å²) in [6, 6.07) is 3.53. The van der Waals surface area contributed by atoms with E-state index in [0.717, 1.165) is 34.1 Å². The first-order chi connectivity index (χ1) is 12.6. The fraction of sp³-hybridized carbons (Fsp3) is 0.389. The Kier molecular flexibility index (Phi) is 4.44. The van der Waals surface area contributed by atoms with Gasteiger partial charge in [-0.1, -0.05) is 0 Å². The summed E-state index contributed by atoms with van der Waals surface area (Å²) >= 11 is 3.57. The number of carbonyl (C=O) groups is 1. The standard InChI is InChI=1S/C18H19BrN4O3/c1-3-26-17-11(19)7-10(8-14(17)25-2)16-15-12(5-4-6-13(15)24)22-18-20-9-21-23(16)18/h7-9,16H,3-6H2,1-2H3,(H,20,21,22). The van der Waals surface area contributed by atoms with Crippen LogP contribution in [-0.2, 0) is 4.79 Å². The molecule has 136 valence electrons. The van der Waals surface area contributed by atoms with E-state index < -0.39 is 0 Å². The number of hydrogen-bond donors (Lipinski definition) is 1. The highest BCUT2D eigenvalue weighted by atomic mass is 79.9. The Morgan fingerprint density at radius 1 is 1.38 bits per heavy atom. The lowest BCUT2D eigenvalue weighted by Gasteiger charge is -2.32. The Morgan fingerprint density at radius 2 is 2.23 bits per heavy atom. The Labute approximate surface area is 159 Å². The van der Waals surface area contributed by atoms with Crippen LogP contribution < -0.4 is 14.8 Å². The van der Waals surface area contributed by atoms with Crippen LogP contribution in [0.25, 0.3) is 0 Å². The lowest BCUT2D eigenvalue weighted by molar-refractivity contribution is -0.116. The molecule has 1 aromatic carbocycles. The zero-order valence-electron chi connectivity index (χ0n) is 14.6. The second kappa shape index (κ2) is 6.75. The number of nitrogens with zero attached hydrogens (tertiary/aromatic N) is 3. The van der Waals surface area contributed by atoms with Crippen molar-refractivity contribution in [1.82, 2.24) is 14.8 Å². The zero-order valence-corrected chi connectivity index (χ0v) is 16.2. The highest BCUT2D eigenvalue weighted by Gasteiger charge is 2.36. The summed E-state index contributed by atoms with van der Waals surface area (Å²) in [6.07, 6.45) is 3.73. The molecule has 0 bridgehead atoms. The number of methoxy groups -OCH3 is 1. The van der Waals surface area contributed by atoms with E-state index in [4.69, 9.17) is 9.47 Å². The first-order valence-electron chi connectivity index (χ1n) is 8.57. The van der Waals surface area contributed by atoms with Crippen LogP contribution in [0.3, 0.4) is 0 Å². The van der Waals surface area contributed by atoms with Crippen molar-refractivity contribution in [2.24, 2.45) is 0 Å². The number of fused-ring (bicyclic) bond motifs is 1. The van der Waals surface area contributed by atoms with Crippen LogP contribution in [0, 0.1) is 0 Å². The van der Waals surface area contributed by atoms with E-state index >= 15 is 0 Å². The normalized spacial score (nSPS) is 18.9.